The van der Waals surface area contributed by atoms with Gasteiger partial charge in [-0.25, -0.2) is 4.98 Å². The maximum atomic E-state index is 6.31. The van der Waals surface area contributed by atoms with Crippen molar-refractivity contribution in [1.82, 2.24) is 25.1 Å². The Labute approximate surface area is 141 Å². The molecule has 0 bridgehead atoms. The van der Waals surface area contributed by atoms with Gasteiger partial charge in [0.2, 0.25) is 0 Å². The van der Waals surface area contributed by atoms with E-state index in [1.807, 2.05) is 0 Å². The van der Waals surface area contributed by atoms with Crippen molar-refractivity contribution < 1.29 is 14.2 Å². The second kappa shape index (κ2) is 5.44. The van der Waals surface area contributed by atoms with Gasteiger partial charge in [0.05, 0.1) is 35.1 Å². The molecule has 2 aliphatic heterocycles. The van der Waals surface area contributed by atoms with Gasteiger partial charge in [-0.1, -0.05) is 11.6 Å². The lowest BCUT2D eigenvalue weighted by molar-refractivity contribution is 0.0273. The number of hydrogen-bond acceptors (Lipinski definition) is 6. The first-order valence-corrected chi connectivity index (χ1v) is 8.11. The number of rotatable bonds is 3. The van der Waals surface area contributed by atoms with E-state index in [-0.39, 0.29) is 18.3 Å². The zero-order chi connectivity index (χ0) is 16.1. The van der Waals surface area contributed by atoms with Gasteiger partial charge >= 0.3 is 0 Å². The van der Waals surface area contributed by atoms with Crippen LogP contribution in [-0.2, 0) is 9.47 Å². The Morgan fingerprint density at radius 2 is 2.25 bits per heavy atom. The lowest BCUT2D eigenvalue weighted by Crippen LogP contribution is -2.32. The van der Waals surface area contributed by atoms with Crippen LogP contribution in [0.25, 0.3) is 22.4 Å². The highest BCUT2D eigenvalue weighted by atomic mass is 35.5. The molecule has 24 heavy (non-hydrogen) atoms. The first-order chi connectivity index (χ1) is 11.8. The van der Waals surface area contributed by atoms with Crippen LogP contribution in [0.2, 0.25) is 5.02 Å². The molecule has 3 aromatic heterocycles. The summed E-state index contributed by atoms with van der Waals surface area (Å²) in [4.78, 5) is 12.0. The van der Waals surface area contributed by atoms with Crippen molar-refractivity contribution in [2.45, 2.75) is 24.7 Å². The molecule has 9 heteroatoms. The molecule has 8 nitrogen and oxygen atoms in total. The fourth-order valence-corrected chi connectivity index (χ4v) is 3.47. The number of aromatic amines is 2. The van der Waals surface area contributed by atoms with Crippen LogP contribution in [0.15, 0.2) is 18.5 Å². The average molecular weight is 348 g/mol. The normalized spacial score (nSPS) is 26.1. The summed E-state index contributed by atoms with van der Waals surface area (Å²) in [7, 11) is 0. The smallest absolute Gasteiger partial charge is 0.296 e. The standard InChI is InChI=1S/C15H14ClN5O3/c16-8-3-9-14(20-12(8)7-4-17-18-5-7)21-15(19-9)24-11-6-23-10-1-2-22-13(10)11/h3-5,10-11,13H,1-2,6H2,(H,17,18)(H,19,20,21)/t10-,11-,13+/m1/s1. The maximum Gasteiger partial charge on any atom is 0.296 e. The second-order valence-corrected chi connectivity index (χ2v) is 6.28. The lowest BCUT2D eigenvalue weighted by Gasteiger charge is -2.15. The van der Waals surface area contributed by atoms with E-state index in [0.29, 0.717) is 41.1 Å². The Kier molecular flexibility index (Phi) is 3.22. The molecule has 124 valence electrons. The van der Waals surface area contributed by atoms with Crippen LogP contribution in [0.4, 0.5) is 0 Å². The van der Waals surface area contributed by atoms with Gasteiger partial charge in [-0.15, -0.1) is 0 Å². The van der Waals surface area contributed by atoms with E-state index >= 15 is 0 Å². The minimum absolute atomic E-state index is 0.0312. The number of ether oxygens (including phenoxy) is 3. The van der Waals surface area contributed by atoms with Crippen LogP contribution in [0, 0.1) is 0 Å². The molecule has 0 aliphatic carbocycles. The molecule has 0 spiro atoms. The Bertz CT molecular complexity index is 881. The molecule has 0 saturated carbocycles. The zero-order valence-electron chi connectivity index (χ0n) is 12.5. The molecule has 5 heterocycles. The Hall–Kier alpha value is -2.16. The van der Waals surface area contributed by atoms with Crippen molar-refractivity contribution in [1.29, 1.82) is 0 Å². The van der Waals surface area contributed by atoms with E-state index in [0.717, 1.165) is 12.0 Å². The monoisotopic (exact) mass is 347 g/mol. The zero-order valence-corrected chi connectivity index (χ0v) is 13.3. The predicted molar refractivity (Wildman–Crippen MR) is 85.0 cm³/mol. The van der Waals surface area contributed by atoms with E-state index in [9.17, 15) is 0 Å². The first kappa shape index (κ1) is 14.2. The molecule has 2 aliphatic rings. The van der Waals surface area contributed by atoms with Gasteiger partial charge in [-0.3, -0.25) is 5.10 Å². The molecule has 3 aromatic rings. The van der Waals surface area contributed by atoms with Crippen molar-refractivity contribution >= 4 is 22.8 Å². The van der Waals surface area contributed by atoms with E-state index in [1.165, 1.54) is 0 Å². The minimum atomic E-state index is -0.165. The van der Waals surface area contributed by atoms with Crippen molar-refractivity contribution in [2.75, 3.05) is 13.2 Å². The summed E-state index contributed by atoms with van der Waals surface area (Å²) in [6, 6.07) is 2.18. The van der Waals surface area contributed by atoms with Gasteiger partial charge in [0.15, 0.2) is 11.8 Å². The largest absolute Gasteiger partial charge is 0.456 e. The quantitative estimate of drug-likeness (QED) is 0.751. The summed E-state index contributed by atoms with van der Waals surface area (Å²) < 4.78 is 17.3. The van der Waals surface area contributed by atoms with Crippen LogP contribution in [0.1, 0.15) is 6.42 Å². The van der Waals surface area contributed by atoms with Crippen LogP contribution < -0.4 is 4.74 Å². The second-order valence-electron chi connectivity index (χ2n) is 5.87. The van der Waals surface area contributed by atoms with Crippen molar-refractivity contribution in [2.24, 2.45) is 0 Å². The summed E-state index contributed by atoms with van der Waals surface area (Å²) >= 11 is 6.31. The van der Waals surface area contributed by atoms with E-state index in [2.05, 4.69) is 25.1 Å². The van der Waals surface area contributed by atoms with Crippen molar-refractivity contribution in [3.8, 4) is 17.3 Å². The molecule has 0 amide bonds. The summed E-state index contributed by atoms with van der Waals surface area (Å²) in [5.41, 5.74) is 2.68. The highest BCUT2D eigenvalue weighted by molar-refractivity contribution is 6.33. The van der Waals surface area contributed by atoms with Crippen molar-refractivity contribution in [3.05, 3.63) is 23.5 Å². The highest BCUT2D eigenvalue weighted by Crippen LogP contribution is 2.31. The van der Waals surface area contributed by atoms with Gasteiger partial charge in [-0.2, -0.15) is 10.1 Å². The highest BCUT2D eigenvalue weighted by Gasteiger charge is 2.43. The van der Waals surface area contributed by atoms with Gasteiger partial charge < -0.3 is 19.2 Å². The third kappa shape index (κ3) is 2.26. The van der Waals surface area contributed by atoms with E-state index in [4.69, 9.17) is 25.8 Å². The van der Waals surface area contributed by atoms with Crippen LogP contribution in [0.3, 0.4) is 0 Å². The molecule has 2 N–H and O–H groups in total. The number of hydrogen-bond donors (Lipinski definition) is 2. The molecule has 3 atom stereocenters. The van der Waals surface area contributed by atoms with Crippen molar-refractivity contribution in [3.63, 3.8) is 0 Å². The molecule has 2 saturated heterocycles. The van der Waals surface area contributed by atoms with Gasteiger partial charge in [0, 0.05) is 18.4 Å². The summed E-state index contributed by atoms with van der Waals surface area (Å²) in [6.07, 6.45) is 4.24. The number of nitrogens with one attached hydrogen (secondary N) is 2. The van der Waals surface area contributed by atoms with E-state index in [1.54, 1.807) is 18.5 Å². The summed E-state index contributed by atoms with van der Waals surface area (Å²) in [5.74, 6) is 0. The topological polar surface area (TPSA) is 97.9 Å². The number of H-pyrrole nitrogens is 2. The Morgan fingerprint density at radius 3 is 3.12 bits per heavy atom. The minimum Gasteiger partial charge on any atom is -0.456 e. The number of imidazole rings is 1. The Morgan fingerprint density at radius 1 is 1.29 bits per heavy atom. The maximum absolute atomic E-state index is 6.31. The molecule has 0 radical (unpaired) electrons. The van der Waals surface area contributed by atoms with Gasteiger partial charge in [0.1, 0.15) is 6.10 Å². The van der Waals surface area contributed by atoms with Crippen LogP contribution in [-0.4, -0.2) is 56.7 Å². The average Bonchev–Trinajstić information content (AvgIpc) is 3.31. The first-order valence-electron chi connectivity index (χ1n) is 7.73. The number of nitrogens with zero attached hydrogens (tertiary/aromatic N) is 3. The number of halogens is 1. The number of pyridine rings is 1. The summed E-state index contributed by atoms with van der Waals surface area (Å²) in [5, 5.41) is 7.18. The molecule has 5 rings (SSSR count). The molecule has 0 aromatic carbocycles. The van der Waals surface area contributed by atoms with Gasteiger partial charge in [0.25, 0.3) is 6.01 Å². The SMILES string of the molecule is Clc1cc2[nH]c(O[C@@H]3CO[C@@H]4CCO[C@@H]43)nc2nc1-c1cn[nH]c1. The Balaban J connectivity index is 1.45. The lowest BCUT2D eigenvalue weighted by atomic mass is 10.1. The van der Waals surface area contributed by atoms with E-state index < -0.39 is 0 Å². The molecule has 0 unspecified atom stereocenters. The van der Waals surface area contributed by atoms with Gasteiger partial charge in [-0.05, 0) is 12.5 Å². The molecular weight excluding hydrogens is 334 g/mol. The molecule has 2 fully saturated rings. The predicted octanol–water partition coefficient (Wildman–Crippen LogP) is 1.94. The number of aromatic nitrogens is 5. The summed E-state index contributed by atoms with van der Waals surface area (Å²) in [6.45, 7) is 1.21. The molecular formula is C15H14ClN5O3. The third-order valence-electron chi connectivity index (χ3n) is 4.36. The third-order valence-corrected chi connectivity index (χ3v) is 4.65. The fraction of sp³-hybridized carbons (Fsp3) is 0.400. The number of fused-ring (bicyclic) bond motifs is 2. The fourth-order valence-electron chi connectivity index (χ4n) is 3.21. The van der Waals surface area contributed by atoms with Crippen LogP contribution >= 0.6 is 11.6 Å². The van der Waals surface area contributed by atoms with Crippen LogP contribution in [0.5, 0.6) is 6.01 Å².